The lowest BCUT2D eigenvalue weighted by atomic mass is 10.1. The summed E-state index contributed by atoms with van der Waals surface area (Å²) in [7, 11) is 0. The van der Waals surface area contributed by atoms with E-state index in [9.17, 15) is 4.79 Å². The second-order valence-electron chi connectivity index (χ2n) is 4.94. The molecule has 0 saturated carbocycles. The van der Waals surface area contributed by atoms with Gasteiger partial charge in [-0.25, -0.2) is 4.79 Å². The summed E-state index contributed by atoms with van der Waals surface area (Å²) in [6.07, 6.45) is 0.931. The van der Waals surface area contributed by atoms with Crippen LogP contribution in [0.4, 0.5) is 4.79 Å². The number of rotatable bonds is 5. The molecule has 0 aliphatic carbocycles. The Labute approximate surface area is 114 Å². The summed E-state index contributed by atoms with van der Waals surface area (Å²) in [5.41, 5.74) is 1.02. The zero-order chi connectivity index (χ0) is 13.5. The molecule has 1 heterocycles. The van der Waals surface area contributed by atoms with Crippen LogP contribution < -0.4 is 5.32 Å². The van der Waals surface area contributed by atoms with E-state index in [-0.39, 0.29) is 6.09 Å². The predicted molar refractivity (Wildman–Crippen MR) is 74.9 cm³/mol. The van der Waals surface area contributed by atoms with Gasteiger partial charge in [0.15, 0.2) is 0 Å². The van der Waals surface area contributed by atoms with Crippen molar-refractivity contribution in [3.05, 3.63) is 35.9 Å². The molecule has 1 aliphatic heterocycles. The minimum atomic E-state index is -0.210. The zero-order valence-corrected chi connectivity index (χ0v) is 11.5. The quantitative estimate of drug-likeness (QED) is 0.885. The van der Waals surface area contributed by atoms with E-state index < -0.39 is 0 Å². The first-order valence-corrected chi connectivity index (χ1v) is 6.96. The molecule has 0 aromatic heterocycles. The molecule has 1 N–H and O–H groups in total. The molecule has 4 heteroatoms. The fourth-order valence-electron chi connectivity index (χ4n) is 2.33. The third-order valence-corrected chi connectivity index (χ3v) is 3.49. The lowest BCUT2D eigenvalue weighted by molar-refractivity contribution is 0.0932. The summed E-state index contributed by atoms with van der Waals surface area (Å²) in [6, 6.07) is 9.78. The van der Waals surface area contributed by atoms with Gasteiger partial charge in [-0.05, 0) is 37.9 Å². The van der Waals surface area contributed by atoms with Crippen LogP contribution in [0.1, 0.15) is 18.9 Å². The summed E-state index contributed by atoms with van der Waals surface area (Å²) < 4.78 is 5.36. The van der Waals surface area contributed by atoms with Crippen molar-refractivity contribution >= 4 is 6.09 Å². The Morgan fingerprint density at radius 2 is 2.21 bits per heavy atom. The Kier molecular flexibility index (Phi) is 5.21. The molecule has 0 spiro atoms. The van der Waals surface area contributed by atoms with Gasteiger partial charge in [0.25, 0.3) is 0 Å². The molecule has 1 saturated heterocycles. The molecular weight excluding hydrogens is 240 g/mol. The molecule has 0 radical (unpaired) electrons. The molecule has 19 heavy (non-hydrogen) atoms. The number of nitrogens with zero attached hydrogens (tertiary/aromatic N) is 1. The topological polar surface area (TPSA) is 41.6 Å². The number of ether oxygens (including phenoxy) is 1. The van der Waals surface area contributed by atoms with Gasteiger partial charge in [0.2, 0.25) is 0 Å². The first kappa shape index (κ1) is 13.9. The number of hydrogen-bond acceptors (Lipinski definition) is 3. The fraction of sp³-hybridized carbons (Fsp3) is 0.533. The van der Waals surface area contributed by atoms with Crippen molar-refractivity contribution in [1.82, 2.24) is 10.2 Å². The van der Waals surface area contributed by atoms with Crippen LogP contribution in [0.5, 0.6) is 0 Å². The van der Waals surface area contributed by atoms with Gasteiger partial charge in [0.05, 0.1) is 0 Å². The van der Waals surface area contributed by atoms with Crippen molar-refractivity contribution in [2.75, 3.05) is 26.2 Å². The maximum absolute atomic E-state index is 12.0. The van der Waals surface area contributed by atoms with Gasteiger partial charge >= 0.3 is 6.09 Å². The molecule has 1 aromatic carbocycles. The van der Waals surface area contributed by atoms with Crippen molar-refractivity contribution < 1.29 is 9.53 Å². The molecule has 1 fully saturated rings. The minimum absolute atomic E-state index is 0.210. The van der Waals surface area contributed by atoms with Gasteiger partial charge in [-0.1, -0.05) is 30.3 Å². The lowest BCUT2D eigenvalue weighted by Gasteiger charge is -2.23. The Morgan fingerprint density at radius 3 is 2.84 bits per heavy atom. The normalized spacial score (nSPS) is 18.3. The third-order valence-electron chi connectivity index (χ3n) is 3.49. The Morgan fingerprint density at radius 1 is 1.42 bits per heavy atom. The summed E-state index contributed by atoms with van der Waals surface area (Å²) in [6.45, 7) is 5.89. The average Bonchev–Trinajstić information content (AvgIpc) is 2.96. The van der Waals surface area contributed by atoms with Gasteiger partial charge in [0, 0.05) is 13.1 Å². The number of amides is 1. The Bertz CT molecular complexity index is 388. The van der Waals surface area contributed by atoms with Gasteiger partial charge in [0.1, 0.15) is 6.61 Å². The van der Waals surface area contributed by atoms with Crippen LogP contribution >= 0.6 is 0 Å². The molecule has 2 rings (SSSR count). The summed E-state index contributed by atoms with van der Waals surface area (Å²) in [5.74, 6) is 0.559. The number of carbonyl (C=O) groups is 1. The van der Waals surface area contributed by atoms with E-state index in [1.54, 1.807) is 4.90 Å². The maximum Gasteiger partial charge on any atom is 0.410 e. The third kappa shape index (κ3) is 4.24. The van der Waals surface area contributed by atoms with Crippen molar-refractivity contribution in [2.45, 2.75) is 20.0 Å². The van der Waals surface area contributed by atoms with Gasteiger partial charge in [-0.2, -0.15) is 0 Å². The first-order valence-electron chi connectivity index (χ1n) is 6.96. The molecular formula is C15H22N2O2. The van der Waals surface area contributed by atoms with Crippen LogP contribution in [0.3, 0.4) is 0 Å². The molecule has 1 aliphatic rings. The average molecular weight is 262 g/mol. The lowest BCUT2D eigenvalue weighted by Crippen LogP contribution is -2.36. The van der Waals surface area contributed by atoms with Crippen LogP contribution in [0.15, 0.2) is 30.3 Å². The van der Waals surface area contributed by atoms with Crippen LogP contribution in [0.2, 0.25) is 0 Å². The number of hydrogen-bond donors (Lipinski definition) is 1. The van der Waals surface area contributed by atoms with Crippen LogP contribution in [0.25, 0.3) is 0 Å². The molecule has 1 amide bonds. The smallest absolute Gasteiger partial charge is 0.410 e. The van der Waals surface area contributed by atoms with Gasteiger partial charge < -0.3 is 15.0 Å². The summed E-state index contributed by atoms with van der Waals surface area (Å²) in [5, 5.41) is 3.32. The largest absolute Gasteiger partial charge is 0.445 e. The summed E-state index contributed by atoms with van der Waals surface area (Å²) >= 11 is 0. The van der Waals surface area contributed by atoms with E-state index in [4.69, 9.17) is 4.74 Å². The van der Waals surface area contributed by atoms with Crippen molar-refractivity contribution in [2.24, 2.45) is 5.92 Å². The summed E-state index contributed by atoms with van der Waals surface area (Å²) in [4.78, 5) is 13.8. The standard InChI is InChI=1S/C15H22N2O2/c1-2-17(11-14-8-9-16-10-14)15(18)19-12-13-6-4-3-5-7-13/h3-7,14,16H,2,8-12H2,1H3. The Balaban J connectivity index is 1.79. The van der Waals surface area contributed by atoms with E-state index in [2.05, 4.69) is 5.32 Å². The second-order valence-corrected chi connectivity index (χ2v) is 4.94. The molecule has 1 aromatic rings. The van der Waals surface area contributed by atoms with Crippen LogP contribution in [0, 0.1) is 5.92 Å². The SMILES string of the molecule is CCN(CC1CCNC1)C(=O)OCc1ccccc1. The molecule has 1 atom stereocenters. The highest BCUT2D eigenvalue weighted by atomic mass is 16.6. The monoisotopic (exact) mass is 262 g/mol. The second kappa shape index (κ2) is 7.14. The first-order chi connectivity index (χ1) is 9.29. The van der Waals surface area contributed by atoms with Crippen LogP contribution in [-0.2, 0) is 11.3 Å². The zero-order valence-electron chi connectivity index (χ0n) is 11.5. The van der Waals surface area contributed by atoms with Crippen molar-refractivity contribution in [1.29, 1.82) is 0 Å². The highest BCUT2D eigenvalue weighted by Gasteiger charge is 2.21. The highest BCUT2D eigenvalue weighted by molar-refractivity contribution is 5.67. The van der Waals surface area contributed by atoms with Crippen LogP contribution in [-0.4, -0.2) is 37.2 Å². The van der Waals surface area contributed by atoms with Gasteiger partial charge in [-0.15, -0.1) is 0 Å². The molecule has 1 unspecified atom stereocenters. The van der Waals surface area contributed by atoms with E-state index in [0.29, 0.717) is 19.1 Å². The number of nitrogens with one attached hydrogen (secondary N) is 1. The van der Waals surface area contributed by atoms with Crippen molar-refractivity contribution in [3.8, 4) is 0 Å². The molecule has 104 valence electrons. The van der Waals surface area contributed by atoms with Crippen molar-refractivity contribution in [3.63, 3.8) is 0 Å². The van der Waals surface area contributed by atoms with Gasteiger partial charge in [-0.3, -0.25) is 0 Å². The highest BCUT2D eigenvalue weighted by Crippen LogP contribution is 2.11. The van der Waals surface area contributed by atoms with E-state index in [1.165, 1.54) is 0 Å². The maximum atomic E-state index is 12.0. The molecule has 4 nitrogen and oxygen atoms in total. The molecule has 0 bridgehead atoms. The van der Waals surface area contributed by atoms with E-state index in [0.717, 1.165) is 31.6 Å². The Hall–Kier alpha value is -1.55. The van der Waals surface area contributed by atoms with E-state index >= 15 is 0 Å². The fourth-order valence-corrected chi connectivity index (χ4v) is 2.33. The van der Waals surface area contributed by atoms with E-state index in [1.807, 2.05) is 37.3 Å². The predicted octanol–water partition coefficient (Wildman–Crippen LogP) is 2.25. The number of benzene rings is 1. The minimum Gasteiger partial charge on any atom is -0.445 e. The number of carbonyl (C=O) groups excluding carboxylic acids is 1.